The van der Waals surface area contributed by atoms with E-state index in [2.05, 4.69) is 10.4 Å². The Kier molecular flexibility index (Phi) is 5.48. The van der Waals surface area contributed by atoms with E-state index >= 15 is 0 Å². The van der Waals surface area contributed by atoms with Gasteiger partial charge in [0.25, 0.3) is 0 Å². The van der Waals surface area contributed by atoms with Gasteiger partial charge in [-0.1, -0.05) is 6.92 Å². The Balaban J connectivity index is 2.23. The number of aromatic nitrogens is 2. The Morgan fingerprint density at radius 2 is 2.22 bits per heavy atom. The van der Waals surface area contributed by atoms with E-state index in [1.807, 2.05) is 26.0 Å². The van der Waals surface area contributed by atoms with E-state index < -0.39 is 9.84 Å². The number of anilines is 1. The number of aryl methyl sites for hydroxylation is 1. The van der Waals surface area contributed by atoms with Crippen LogP contribution in [0.1, 0.15) is 19.6 Å². The summed E-state index contributed by atoms with van der Waals surface area (Å²) in [7, 11) is -3.06. The summed E-state index contributed by atoms with van der Waals surface area (Å²) in [5.74, 6) is 1.60. The van der Waals surface area contributed by atoms with Gasteiger partial charge in [-0.25, -0.2) is 13.1 Å². The summed E-state index contributed by atoms with van der Waals surface area (Å²) in [4.78, 5) is 0. The van der Waals surface area contributed by atoms with Crippen LogP contribution in [-0.4, -0.2) is 47.5 Å². The first kappa shape index (κ1) is 17.6. The summed E-state index contributed by atoms with van der Waals surface area (Å²) >= 11 is 0. The second-order valence-electron chi connectivity index (χ2n) is 5.50. The number of hydrogen-bond donors (Lipinski definition) is 2. The number of rotatable bonds is 8. The van der Waals surface area contributed by atoms with Crippen LogP contribution in [0.4, 0.5) is 5.82 Å². The highest BCUT2D eigenvalue weighted by atomic mass is 32.2. The van der Waals surface area contributed by atoms with Crippen LogP contribution in [-0.2, 0) is 16.4 Å². The molecule has 0 aliphatic heterocycles. The Morgan fingerprint density at radius 1 is 1.48 bits per heavy atom. The van der Waals surface area contributed by atoms with Crippen molar-refractivity contribution < 1.29 is 17.9 Å². The van der Waals surface area contributed by atoms with Gasteiger partial charge in [0.05, 0.1) is 30.9 Å². The van der Waals surface area contributed by atoms with Gasteiger partial charge in [-0.15, -0.1) is 0 Å². The number of aliphatic hydroxyl groups is 1. The Morgan fingerprint density at radius 3 is 2.78 bits per heavy atom. The predicted octanol–water partition coefficient (Wildman–Crippen LogP) is 1.68. The molecule has 7 nitrogen and oxygen atoms in total. The highest BCUT2D eigenvalue weighted by Crippen LogP contribution is 2.26. The lowest BCUT2D eigenvalue weighted by molar-refractivity contribution is 0.270. The number of furan rings is 1. The molecule has 2 rings (SSSR count). The van der Waals surface area contributed by atoms with Crippen molar-refractivity contribution in [2.75, 3.05) is 23.4 Å². The maximum atomic E-state index is 11.7. The summed E-state index contributed by atoms with van der Waals surface area (Å²) in [5, 5.41) is 16.8. The Hall–Kier alpha value is -1.80. The van der Waals surface area contributed by atoms with E-state index in [0.29, 0.717) is 12.4 Å². The normalized spacial score (nSPS) is 13.2. The van der Waals surface area contributed by atoms with Crippen LogP contribution in [0.25, 0.3) is 11.3 Å². The van der Waals surface area contributed by atoms with Crippen molar-refractivity contribution in [1.82, 2.24) is 9.78 Å². The van der Waals surface area contributed by atoms with Crippen molar-refractivity contribution in [3.8, 4) is 11.3 Å². The molecule has 0 aliphatic carbocycles. The van der Waals surface area contributed by atoms with Gasteiger partial charge in [0, 0.05) is 23.4 Å². The van der Waals surface area contributed by atoms with E-state index in [9.17, 15) is 13.5 Å². The largest absolute Gasteiger partial charge is 0.469 e. The average molecular weight is 341 g/mol. The van der Waals surface area contributed by atoms with Crippen molar-refractivity contribution in [2.24, 2.45) is 0 Å². The predicted molar refractivity (Wildman–Crippen MR) is 89.2 cm³/mol. The molecule has 0 radical (unpaired) electrons. The minimum atomic E-state index is -3.06. The van der Waals surface area contributed by atoms with E-state index in [-0.39, 0.29) is 24.2 Å². The molecule has 128 valence electrons. The van der Waals surface area contributed by atoms with Crippen LogP contribution in [0.15, 0.2) is 22.8 Å². The first-order valence-electron chi connectivity index (χ1n) is 7.56. The van der Waals surface area contributed by atoms with Crippen LogP contribution in [0.3, 0.4) is 0 Å². The van der Waals surface area contributed by atoms with Crippen LogP contribution in [0.2, 0.25) is 0 Å². The SMILES string of the molecule is CCS(=O)(=O)CC(C)Nc1cc(-c2ccoc2C)nn1CCO. The lowest BCUT2D eigenvalue weighted by Crippen LogP contribution is -2.28. The second-order valence-corrected chi connectivity index (χ2v) is 7.89. The average Bonchev–Trinajstić information content (AvgIpc) is 3.05. The quantitative estimate of drug-likeness (QED) is 0.758. The van der Waals surface area contributed by atoms with Gasteiger partial charge >= 0.3 is 0 Å². The van der Waals surface area contributed by atoms with Gasteiger partial charge in [-0.3, -0.25) is 0 Å². The number of hydrogen-bond acceptors (Lipinski definition) is 6. The van der Waals surface area contributed by atoms with Crippen molar-refractivity contribution in [3.05, 3.63) is 24.2 Å². The zero-order valence-electron chi connectivity index (χ0n) is 13.6. The summed E-state index contributed by atoms with van der Waals surface area (Å²) in [6.07, 6.45) is 1.60. The third kappa shape index (κ3) is 4.35. The Bertz CT molecular complexity index is 749. The first-order valence-corrected chi connectivity index (χ1v) is 9.38. The molecular formula is C15H23N3O4S. The van der Waals surface area contributed by atoms with Crippen molar-refractivity contribution >= 4 is 15.7 Å². The zero-order chi connectivity index (χ0) is 17.0. The molecule has 0 saturated heterocycles. The molecule has 2 heterocycles. The topological polar surface area (TPSA) is 97.4 Å². The molecule has 23 heavy (non-hydrogen) atoms. The molecular weight excluding hydrogens is 318 g/mol. The molecule has 2 aromatic heterocycles. The van der Waals surface area contributed by atoms with E-state index in [4.69, 9.17) is 4.42 Å². The molecule has 2 N–H and O–H groups in total. The van der Waals surface area contributed by atoms with Crippen LogP contribution in [0.5, 0.6) is 0 Å². The highest BCUT2D eigenvalue weighted by Gasteiger charge is 2.17. The standard InChI is InChI=1S/C15H23N3O4S/c1-4-23(20,21)10-11(2)16-15-9-14(17-18(15)6-7-19)13-5-8-22-12(13)3/h5,8-9,11,16,19H,4,6-7,10H2,1-3H3. The number of sulfone groups is 1. The van der Waals surface area contributed by atoms with Gasteiger partial charge in [0.1, 0.15) is 11.6 Å². The second kappa shape index (κ2) is 7.18. The molecule has 2 aromatic rings. The van der Waals surface area contributed by atoms with E-state index in [1.165, 1.54) is 0 Å². The molecule has 1 unspecified atom stereocenters. The van der Waals surface area contributed by atoms with E-state index in [1.54, 1.807) is 17.9 Å². The van der Waals surface area contributed by atoms with Gasteiger partial charge in [0.2, 0.25) is 0 Å². The lowest BCUT2D eigenvalue weighted by atomic mass is 10.2. The fourth-order valence-corrected chi connectivity index (χ4v) is 3.45. The molecule has 0 spiro atoms. The smallest absolute Gasteiger partial charge is 0.152 e. The maximum Gasteiger partial charge on any atom is 0.152 e. The van der Waals surface area contributed by atoms with Crippen LogP contribution >= 0.6 is 0 Å². The number of aliphatic hydroxyl groups excluding tert-OH is 1. The summed E-state index contributed by atoms with van der Waals surface area (Å²) in [6.45, 7) is 5.57. The third-order valence-corrected chi connectivity index (χ3v) is 5.45. The number of nitrogens with one attached hydrogen (secondary N) is 1. The molecule has 0 amide bonds. The van der Waals surface area contributed by atoms with Gasteiger partial charge in [-0.05, 0) is 19.9 Å². The molecule has 8 heteroatoms. The minimum Gasteiger partial charge on any atom is -0.469 e. The van der Waals surface area contributed by atoms with Gasteiger partial charge < -0.3 is 14.8 Å². The first-order chi connectivity index (χ1) is 10.9. The van der Waals surface area contributed by atoms with Crippen LogP contribution < -0.4 is 5.32 Å². The summed E-state index contributed by atoms with van der Waals surface area (Å²) in [5.41, 5.74) is 1.59. The van der Waals surface area contributed by atoms with Gasteiger partial charge in [-0.2, -0.15) is 5.10 Å². The molecule has 0 saturated carbocycles. The molecule has 0 aromatic carbocycles. The fourth-order valence-electron chi connectivity index (χ4n) is 2.37. The molecule has 0 aliphatic rings. The molecule has 0 bridgehead atoms. The maximum absolute atomic E-state index is 11.7. The zero-order valence-corrected chi connectivity index (χ0v) is 14.4. The lowest BCUT2D eigenvalue weighted by Gasteiger charge is -2.15. The van der Waals surface area contributed by atoms with Crippen molar-refractivity contribution in [3.63, 3.8) is 0 Å². The highest BCUT2D eigenvalue weighted by molar-refractivity contribution is 7.91. The monoisotopic (exact) mass is 341 g/mol. The van der Waals surface area contributed by atoms with Crippen LogP contribution in [0, 0.1) is 6.92 Å². The van der Waals surface area contributed by atoms with Crippen molar-refractivity contribution in [2.45, 2.75) is 33.4 Å². The summed E-state index contributed by atoms with van der Waals surface area (Å²) in [6, 6.07) is 3.41. The fraction of sp³-hybridized carbons (Fsp3) is 0.533. The minimum absolute atomic E-state index is 0.0495. The third-order valence-electron chi connectivity index (χ3n) is 3.56. The summed E-state index contributed by atoms with van der Waals surface area (Å²) < 4.78 is 30.4. The Labute approximate surface area is 136 Å². The molecule has 1 atom stereocenters. The van der Waals surface area contributed by atoms with E-state index in [0.717, 1.165) is 17.0 Å². The van der Waals surface area contributed by atoms with Gasteiger partial charge in [0.15, 0.2) is 9.84 Å². The molecule has 0 fully saturated rings. The van der Waals surface area contributed by atoms with Crippen molar-refractivity contribution in [1.29, 1.82) is 0 Å². The number of nitrogens with zero attached hydrogens (tertiary/aromatic N) is 2.